The van der Waals surface area contributed by atoms with Gasteiger partial charge in [-0.3, -0.25) is 0 Å². The molecule has 21 heavy (non-hydrogen) atoms. The minimum atomic E-state index is -3.07. The largest absolute Gasteiger partial charge is 0.399 e. The third-order valence-corrected chi connectivity index (χ3v) is 5.91. The molecule has 7 nitrogen and oxygen atoms in total. The van der Waals surface area contributed by atoms with Crippen LogP contribution in [0, 0.1) is 0 Å². The van der Waals surface area contributed by atoms with Gasteiger partial charge in [0.25, 0.3) is 0 Å². The Bertz CT molecular complexity index is 804. The van der Waals surface area contributed by atoms with Crippen LogP contribution in [0.3, 0.4) is 0 Å². The van der Waals surface area contributed by atoms with Crippen molar-refractivity contribution in [2.45, 2.75) is 18.9 Å². The van der Waals surface area contributed by atoms with Gasteiger partial charge in [-0.1, -0.05) is 11.6 Å². The molecule has 1 fully saturated rings. The highest BCUT2D eigenvalue weighted by molar-refractivity contribution is 7.91. The highest BCUT2D eigenvalue weighted by Crippen LogP contribution is 2.35. The van der Waals surface area contributed by atoms with Crippen molar-refractivity contribution in [2.75, 3.05) is 17.2 Å². The molecule has 1 unspecified atom stereocenters. The van der Waals surface area contributed by atoms with Gasteiger partial charge >= 0.3 is 0 Å². The number of nitrogen functional groups attached to an aromatic ring is 1. The Morgan fingerprint density at radius 3 is 2.86 bits per heavy atom. The third kappa shape index (κ3) is 2.49. The smallest absolute Gasteiger partial charge is 0.184 e. The van der Waals surface area contributed by atoms with E-state index in [9.17, 15) is 8.42 Å². The molecule has 3 rings (SSSR count). The molecule has 1 aromatic carbocycles. The quantitative estimate of drug-likeness (QED) is 0.829. The first kappa shape index (κ1) is 14.3. The predicted octanol–water partition coefficient (Wildman–Crippen LogP) is 1.11. The summed E-state index contributed by atoms with van der Waals surface area (Å²) in [6, 6.07) is 5.03. The van der Waals surface area contributed by atoms with E-state index in [2.05, 4.69) is 15.5 Å². The van der Waals surface area contributed by atoms with Crippen LogP contribution in [0.5, 0.6) is 0 Å². The number of hydrogen-bond acceptors (Lipinski definition) is 6. The second kappa shape index (κ2) is 4.67. The van der Waals surface area contributed by atoms with E-state index in [-0.39, 0.29) is 11.5 Å². The number of nitrogens with zero attached hydrogens (tertiary/aromatic N) is 4. The van der Waals surface area contributed by atoms with E-state index in [4.69, 9.17) is 17.3 Å². The van der Waals surface area contributed by atoms with Gasteiger partial charge in [-0.15, -0.1) is 5.10 Å². The van der Waals surface area contributed by atoms with Crippen LogP contribution in [0.2, 0.25) is 5.02 Å². The van der Waals surface area contributed by atoms with Crippen LogP contribution in [0.15, 0.2) is 18.2 Å². The van der Waals surface area contributed by atoms with Gasteiger partial charge in [-0.25, -0.2) is 13.1 Å². The van der Waals surface area contributed by atoms with Crippen molar-refractivity contribution < 1.29 is 8.42 Å². The Kier molecular flexibility index (Phi) is 3.18. The minimum absolute atomic E-state index is 0.0119. The molecule has 1 saturated heterocycles. The lowest BCUT2D eigenvalue weighted by Gasteiger charge is -2.23. The van der Waals surface area contributed by atoms with E-state index in [0.717, 1.165) is 0 Å². The lowest BCUT2D eigenvalue weighted by atomic mass is 10.0. The van der Waals surface area contributed by atoms with Crippen LogP contribution in [-0.2, 0) is 15.4 Å². The molecule has 9 heteroatoms. The number of tetrazole rings is 1. The Morgan fingerprint density at radius 2 is 2.19 bits per heavy atom. The molecule has 1 aliphatic heterocycles. The van der Waals surface area contributed by atoms with Gasteiger partial charge < -0.3 is 5.73 Å². The normalized spacial score (nSPS) is 24.3. The van der Waals surface area contributed by atoms with Gasteiger partial charge in [-0.05, 0) is 42.0 Å². The zero-order valence-corrected chi connectivity index (χ0v) is 12.9. The molecular weight excluding hydrogens is 314 g/mol. The number of aromatic nitrogens is 4. The van der Waals surface area contributed by atoms with E-state index >= 15 is 0 Å². The molecular formula is C12H14ClN5O2S. The van der Waals surface area contributed by atoms with E-state index in [1.54, 1.807) is 18.2 Å². The van der Waals surface area contributed by atoms with Crippen LogP contribution in [0.25, 0.3) is 11.4 Å². The maximum absolute atomic E-state index is 11.8. The van der Waals surface area contributed by atoms with Crippen LogP contribution in [0.4, 0.5) is 5.69 Å². The molecule has 1 aliphatic rings. The molecule has 0 aliphatic carbocycles. The summed E-state index contributed by atoms with van der Waals surface area (Å²) in [7, 11) is -3.07. The standard InChI is InChI=1S/C12H14ClN5O2S/c1-12(4-5-21(19,20)7-12)18-11(15-16-17-18)9-6-8(14)2-3-10(9)13/h2-3,6H,4-5,7,14H2,1H3. The minimum Gasteiger partial charge on any atom is -0.399 e. The SMILES string of the molecule is CC1(n2nnnc2-c2cc(N)ccc2Cl)CCS(=O)(=O)C1. The van der Waals surface area contributed by atoms with E-state index in [1.807, 2.05) is 6.92 Å². The van der Waals surface area contributed by atoms with Crippen molar-refractivity contribution in [3.05, 3.63) is 23.2 Å². The van der Waals surface area contributed by atoms with Gasteiger partial charge in [0.15, 0.2) is 15.7 Å². The number of hydrogen-bond donors (Lipinski definition) is 1. The summed E-state index contributed by atoms with van der Waals surface area (Å²) in [5, 5.41) is 12.1. The van der Waals surface area contributed by atoms with Crippen molar-refractivity contribution in [3.8, 4) is 11.4 Å². The third-order valence-electron chi connectivity index (χ3n) is 3.69. The van der Waals surface area contributed by atoms with Gasteiger partial charge in [0, 0.05) is 11.3 Å². The fourth-order valence-corrected chi connectivity index (χ4v) is 4.90. The first-order valence-corrected chi connectivity index (χ1v) is 8.55. The van der Waals surface area contributed by atoms with E-state index in [0.29, 0.717) is 28.5 Å². The Morgan fingerprint density at radius 1 is 1.43 bits per heavy atom. The fourth-order valence-electron chi connectivity index (χ4n) is 2.59. The molecule has 112 valence electrons. The van der Waals surface area contributed by atoms with Crippen LogP contribution in [-0.4, -0.2) is 40.1 Å². The van der Waals surface area contributed by atoms with Crippen molar-refractivity contribution in [2.24, 2.45) is 0 Å². The molecule has 2 heterocycles. The molecule has 0 radical (unpaired) electrons. The summed E-state index contributed by atoms with van der Waals surface area (Å²) in [5.41, 5.74) is 6.23. The summed E-state index contributed by atoms with van der Waals surface area (Å²) in [4.78, 5) is 0. The number of benzene rings is 1. The molecule has 1 aromatic heterocycles. The topological polar surface area (TPSA) is 104 Å². The Labute approximate surface area is 127 Å². The molecule has 0 amide bonds. The molecule has 0 saturated carbocycles. The summed E-state index contributed by atoms with van der Waals surface area (Å²) in [6.45, 7) is 1.83. The van der Waals surface area contributed by atoms with Crippen LogP contribution >= 0.6 is 11.6 Å². The second-order valence-corrected chi connectivity index (χ2v) is 8.08. The highest BCUT2D eigenvalue weighted by atomic mass is 35.5. The molecule has 1 atom stereocenters. The van der Waals surface area contributed by atoms with Crippen molar-refractivity contribution in [1.29, 1.82) is 0 Å². The van der Waals surface area contributed by atoms with Crippen molar-refractivity contribution >= 4 is 27.1 Å². The second-order valence-electron chi connectivity index (χ2n) is 5.49. The van der Waals surface area contributed by atoms with E-state index in [1.165, 1.54) is 4.68 Å². The number of anilines is 1. The number of sulfone groups is 1. The zero-order chi connectivity index (χ0) is 15.3. The fraction of sp³-hybridized carbons (Fsp3) is 0.417. The molecule has 2 aromatic rings. The van der Waals surface area contributed by atoms with Crippen LogP contribution < -0.4 is 5.73 Å². The highest BCUT2D eigenvalue weighted by Gasteiger charge is 2.42. The summed E-state index contributed by atoms with van der Waals surface area (Å²) < 4.78 is 25.1. The van der Waals surface area contributed by atoms with Crippen molar-refractivity contribution in [1.82, 2.24) is 20.2 Å². The number of halogens is 1. The lowest BCUT2D eigenvalue weighted by Crippen LogP contribution is -2.33. The van der Waals surface area contributed by atoms with Gasteiger partial charge in [0.05, 0.1) is 22.1 Å². The average Bonchev–Trinajstić information content (AvgIpc) is 2.98. The molecule has 0 bridgehead atoms. The summed E-state index contributed by atoms with van der Waals surface area (Å²) in [6.07, 6.45) is 0.466. The summed E-state index contributed by atoms with van der Waals surface area (Å²) in [5.74, 6) is 0.567. The lowest BCUT2D eigenvalue weighted by molar-refractivity contribution is 0.325. The average molecular weight is 328 g/mol. The predicted molar refractivity (Wildman–Crippen MR) is 79.6 cm³/mol. The monoisotopic (exact) mass is 327 g/mol. The van der Waals surface area contributed by atoms with Gasteiger partial charge in [-0.2, -0.15) is 0 Å². The van der Waals surface area contributed by atoms with Gasteiger partial charge in [0.1, 0.15) is 0 Å². The summed E-state index contributed by atoms with van der Waals surface area (Å²) >= 11 is 6.19. The first-order chi connectivity index (χ1) is 9.81. The van der Waals surface area contributed by atoms with Crippen LogP contribution in [0.1, 0.15) is 13.3 Å². The zero-order valence-electron chi connectivity index (χ0n) is 11.3. The Balaban J connectivity index is 2.12. The number of rotatable bonds is 2. The Hall–Kier alpha value is -1.67. The number of nitrogens with two attached hydrogens (primary N) is 1. The van der Waals surface area contributed by atoms with E-state index < -0.39 is 15.4 Å². The molecule has 2 N–H and O–H groups in total. The van der Waals surface area contributed by atoms with Gasteiger partial charge in [0.2, 0.25) is 0 Å². The molecule has 0 spiro atoms. The van der Waals surface area contributed by atoms with Crippen molar-refractivity contribution in [3.63, 3.8) is 0 Å². The maximum Gasteiger partial charge on any atom is 0.184 e. The first-order valence-electron chi connectivity index (χ1n) is 6.35. The maximum atomic E-state index is 11.8.